The predicted molar refractivity (Wildman–Crippen MR) is 73.5 cm³/mol. The van der Waals surface area contributed by atoms with E-state index in [4.69, 9.17) is 9.47 Å². The van der Waals surface area contributed by atoms with Gasteiger partial charge in [0.2, 0.25) is 0 Å². The molecule has 0 aromatic rings. The zero-order chi connectivity index (χ0) is 15.7. The van der Waals surface area contributed by atoms with Crippen LogP contribution in [0.15, 0.2) is 0 Å². The first-order chi connectivity index (χ1) is 9.72. The second-order valence-corrected chi connectivity index (χ2v) is 6.94. The first-order valence-corrected chi connectivity index (χ1v) is 7.59. The maximum absolute atomic E-state index is 12.1. The molecule has 0 N–H and O–H groups in total. The Morgan fingerprint density at radius 2 is 1.86 bits per heavy atom. The van der Waals surface area contributed by atoms with E-state index in [1.54, 1.807) is 4.90 Å². The van der Waals surface area contributed by atoms with Gasteiger partial charge in [0.25, 0.3) is 0 Å². The molecule has 6 nitrogen and oxygen atoms in total. The standard InChI is InChI=1S/C15H25NO5.Na/c1-14(2,3)21-13(19)16-9-4-6-11(10-16)20-15(12(17)18)7-5-8-15;/h11H,4-10H2,1-3H3,(H,17,18);/q;+1/p-1/t11-;/m0./s1. The number of hydrogen-bond donors (Lipinski definition) is 0. The Bertz CT molecular complexity index is 417. The van der Waals surface area contributed by atoms with Gasteiger partial charge in [-0.25, -0.2) is 4.79 Å². The second-order valence-electron chi connectivity index (χ2n) is 6.94. The van der Waals surface area contributed by atoms with Crippen molar-refractivity contribution in [2.75, 3.05) is 13.1 Å². The van der Waals surface area contributed by atoms with Crippen molar-refractivity contribution in [2.24, 2.45) is 0 Å². The summed E-state index contributed by atoms with van der Waals surface area (Å²) in [6, 6.07) is 0. The number of hydrogen-bond acceptors (Lipinski definition) is 5. The largest absolute Gasteiger partial charge is 1.00 e. The zero-order valence-electron chi connectivity index (χ0n) is 14.0. The van der Waals surface area contributed by atoms with Gasteiger partial charge in [-0.05, 0) is 52.9 Å². The summed E-state index contributed by atoms with van der Waals surface area (Å²) in [5, 5.41) is 11.2. The predicted octanol–water partition coefficient (Wildman–Crippen LogP) is -1.92. The van der Waals surface area contributed by atoms with Crippen LogP contribution in [0.4, 0.5) is 4.79 Å². The van der Waals surface area contributed by atoms with E-state index < -0.39 is 17.2 Å². The van der Waals surface area contributed by atoms with E-state index in [0.717, 1.165) is 19.3 Å². The molecule has 0 radical (unpaired) electrons. The van der Waals surface area contributed by atoms with Gasteiger partial charge in [-0.3, -0.25) is 0 Å². The molecule has 2 aliphatic rings. The number of carbonyl (C=O) groups excluding carboxylic acids is 2. The number of nitrogens with zero attached hydrogens (tertiary/aromatic N) is 1. The van der Waals surface area contributed by atoms with Crippen LogP contribution in [-0.2, 0) is 14.3 Å². The van der Waals surface area contributed by atoms with E-state index in [0.29, 0.717) is 25.9 Å². The maximum Gasteiger partial charge on any atom is 1.00 e. The Labute approximate surface area is 153 Å². The Morgan fingerprint density at radius 3 is 2.32 bits per heavy atom. The van der Waals surface area contributed by atoms with Crippen molar-refractivity contribution < 1.29 is 53.7 Å². The number of likely N-dealkylation sites (tertiary alicyclic amines) is 1. The number of carboxylic acid groups (broad SMARTS) is 1. The third-order valence-electron chi connectivity index (χ3n) is 3.96. The SMILES string of the molecule is CC(C)(C)OC(=O)N1CCC[C@H](OC2(C(=O)[O-])CCC2)C1.[Na+]. The van der Waals surface area contributed by atoms with Crippen LogP contribution in [0.1, 0.15) is 52.9 Å². The average Bonchev–Trinajstić information content (AvgIpc) is 2.31. The van der Waals surface area contributed by atoms with Gasteiger partial charge in [-0.15, -0.1) is 0 Å². The van der Waals surface area contributed by atoms with E-state index in [1.807, 2.05) is 20.8 Å². The summed E-state index contributed by atoms with van der Waals surface area (Å²) in [6.07, 6.45) is 2.75. The van der Waals surface area contributed by atoms with Crippen molar-refractivity contribution >= 4 is 12.1 Å². The van der Waals surface area contributed by atoms with E-state index >= 15 is 0 Å². The van der Waals surface area contributed by atoms with Crippen LogP contribution in [0, 0.1) is 0 Å². The third kappa shape index (κ3) is 4.85. The Morgan fingerprint density at radius 1 is 1.23 bits per heavy atom. The van der Waals surface area contributed by atoms with Gasteiger partial charge in [0.15, 0.2) is 0 Å². The molecule has 22 heavy (non-hydrogen) atoms. The van der Waals surface area contributed by atoms with Gasteiger partial charge in [-0.2, -0.15) is 0 Å². The Balaban J connectivity index is 0.00000242. The summed E-state index contributed by atoms with van der Waals surface area (Å²) in [6.45, 7) is 6.46. The molecular weight excluding hydrogens is 297 g/mol. The molecule has 1 aliphatic carbocycles. The van der Waals surface area contributed by atoms with Crippen LogP contribution in [-0.4, -0.2) is 47.4 Å². The van der Waals surface area contributed by atoms with Crippen molar-refractivity contribution in [1.29, 1.82) is 0 Å². The number of amides is 1. The summed E-state index contributed by atoms with van der Waals surface area (Å²) in [5.74, 6) is -1.14. The fourth-order valence-electron chi connectivity index (χ4n) is 2.71. The molecule has 2 rings (SSSR count). The molecule has 1 saturated heterocycles. The van der Waals surface area contributed by atoms with Crippen molar-refractivity contribution in [3.8, 4) is 0 Å². The van der Waals surface area contributed by atoms with Gasteiger partial charge < -0.3 is 24.3 Å². The number of carboxylic acids is 1. The van der Waals surface area contributed by atoms with E-state index in [1.165, 1.54) is 0 Å². The van der Waals surface area contributed by atoms with Crippen LogP contribution < -0.4 is 34.7 Å². The molecule has 2 fully saturated rings. The second kappa shape index (κ2) is 7.51. The molecule has 120 valence electrons. The fourth-order valence-corrected chi connectivity index (χ4v) is 2.71. The van der Waals surface area contributed by atoms with Crippen molar-refractivity contribution in [2.45, 2.75) is 70.2 Å². The quantitative estimate of drug-likeness (QED) is 0.566. The zero-order valence-corrected chi connectivity index (χ0v) is 16.0. The number of piperidine rings is 1. The number of aliphatic carboxylic acids is 1. The van der Waals surface area contributed by atoms with Crippen molar-refractivity contribution in [3.05, 3.63) is 0 Å². The van der Waals surface area contributed by atoms with Crippen LogP contribution >= 0.6 is 0 Å². The monoisotopic (exact) mass is 321 g/mol. The number of carbonyl (C=O) groups is 2. The molecule has 1 atom stereocenters. The van der Waals surface area contributed by atoms with Crippen molar-refractivity contribution in [3.63, 3.8) is 0 Å². The summed E-state index contributed by atoms with van der Waals surface area (Å²) in [4.78, 5) is 24.9. The van der Waals surface area contributed by atoms with Crippen LogP contribution in [0.3, 0.4) is 0 Å². The first kappa shape index (κ1) is 19.7. The van der Waals surface area contributed by atoms with E-state index in [-0.39, 0.29) is 41.8 Å². The molecule has 1 heterocycles. The van der Waals surface area contributed by atoms with Gasteiger partial charge in [0.05, 0.1) is 18.6 Å². The third-order valence-corrected chi connectivity index (χ3v) is 3.96. The van der Waals surface area contributed by atoms with Gasteiger partial charge in [-0.1, -0.05) is 0 Å². The maximum atomic E-state index is 12.1. The molecule has 0 unspecified atom stereocenters. The molecular formula is C15H24NNaO5. The van der Waals surface area contributed by atoms with Crippen LogP contribution in [0.25, 0.3) is 0 Å². The molecule has 0 aromatic carbocycles. The molecule has 7 heteroatoms. The molecule has 0 bridgehead atoms. The molecule has 0 spiro atoms. The van der Waals surface area contributed by atoms with Gasteiger partial charge >= 0.3 is 35.7 Å². The first-order valence-electron chi connectivity index (χ1n) is 7.59. The topological polar surface area (TPSA) is 78.9 Å². The van der Waals surface area contributed by atoms with Gasteiger partial charge in [0, 0.05) is 6.54 Å². The summed E-state index contributed by atoms with van der Waals surface area (Å²) < 4.78 is 11.1. The van der Waals surface area contributed by atoms with Crippen LogP contribution in [0.2, 0.25) is 0 Å². The fraction of sp³-hybridized carbons (Fsp3) is 0.867. The van der Waals surface area contributed by atoms with E-state index in [9.17, 15) is 14.7 Å². The molecule has 1 aliphatic heterocycles. The minimum atomic E-state index is -1.14. The van der Waals surface area contributed by atoms with E-state index in [2.05, 4.69) is 0 Å². The number of rotatable bonds is 3. The Hall–Kier alpha value is -0.300. The minimum Gasteiger partial charge on any atom is -0.547 e. The summed E-state index contributed by atoms with van der Waals surface area (Å²) in [7, 11) is 0. The normalized spacial score (nSPS) is 24.0. The molecule has 1 saturated carbocycles. The Kier molecular flexibility index (Phi) is 6.74. The number of ether oxygens (including phenoxy) is 2. The molecule has 1 amide bonds. The smallest absolute Gasteiger partial charge is 0.547 e. The molecule has 0 aromatic heterocycles. The minimum absolute atomic E-state index is 0. The van der Waals surface area contributed by atoms with Gasteiger partial charge in [0.1, 0.15) is 11.2 Å². The summed E-state index contributed by atoms with van der Waals surface area (Å²) in [5.41, 5.74) is -1.67. The summed E-state index contributed by atoms with van der Waals surface area (Å²) >= 11 is 0. The van der Waals surface area contributed by atoms with Crippen molar-refractivity contribution in [1.82, 2.24) is 4.90 Å². The average molecular weight is 321 g/mol. The van der Waals surface area contributed by atoms with Crippen LogP contribution in [0.5, 0.6) is 0 Å².